The van der Waals surface area contributed by atoms with E-state index >= 15 is 0 Å². The Morgan fingerprint density at radius 3 is 0.652 bits per heavy atom. The fourth-order valence-electron chi connectivity index (χ4n) is 4.27. The quantitative estimate of drug-likeness (QED) is 0.203. The molecule has 4 heteroatoms. The second kappa shape index (κ2) is 15.3. The van der Waals surface area contributed by atoms with E-state index in [0.717, 1.165) is 67.5 Å². The Hall–Kier alpha value is -6.46. The first kappa shape index (κ1) is 31.0. The first-order valence-corrected chi connectivity index (χ1v) is 14.4. The van der Waals surface area contributed by atoms with E-state index in [1.54, 1.807) is 28.4 Å². The van der Waals surface area contributed by atoms with Crippen LogP contribution >= 0.6 is 0 Å². The molecule has 222 valence electrons. The van der Waals surface area contributed by atoms with Gasteiger partial charge in [-0.2, -0.15) is 0 Å². The van der Waals surface area contributed by atoms with Crippen LogP contribution in [0.3, 0.4) is 0 Å². The maximum Gasteiger partial charge on any atom is 0.118 e. The van der Waals surface area contributed by atoms with Gasteiger partial charge in [0.1, 0.15) is 23.0 Å². The van der Waals surface area contributed by atoms with Gasteiger partial charge in [-0.05, 0) is 109 Å². The zero-order valence-corrected chi connectivity index (χ0v) is 26.0. The molecule has 0 unspecified atom stereocenters. The van der Waals surface area contributed by atoms with E-state index in [4.69, 9.17) is 18.9 Å². The van der Waals surface area contributed by atoms with E-state index in [-0.39, 0.29) is 0 Å². The number of ether oxygens (including phenoxy) is 4. The summed E-state index contributed by atoms with van der Waals surface area (Å²) in [6.07, 6.45) is 0. The summed E-state index contributed by atoms with van der Waals surface area (Å²) < 4.78 is 21.2. The summed E-state index contributed by atoms with van der Waals surface area (Å²) >= 11 is 0. The van der Waals surface area contributed by atoms with Crippen LogP contribution in [0.1, 0.15) is 44.5 Å². The third-order valence-corrected chi connectivity index (χ3v) is 6.88. The minimum absolute atomic E-state index is 0.742. The number of rotatable bonds is 4. The van der Waals surface area contributed by atoms with Crippen LogP contribution in [-0.2, 0) is 0 Å². The first-order valence-electron chi connectivity index (χ1n) is 14.4. The number of hydrogen-bond acceptors (Lipinski definition) is 4. The highest BCUT2D eigenvalue weighted by atomic mass is 16.5. The molecule has 0 amide bonds. The van der Waals surface area contributed by atoms with Crippen molar-refractivity contribution in [3.63, 3.8) is 0 Å². The maximum absolute atomic E-state index is 5.30. The van der Waals surface area contributed by atoms with Crippen LogP contribution < -0.4 is 18.9 Å². The van der Waals surface area contributed by atoms with Gasteiger partial charge in [0.05, 0.1) is 28.4 Å². The Kier molecular flexibility index (Phi) is 10.3. The van der Waals surface area contributed by atoms with Gasteiger partial charge in [-0.1, -0.05) is 47.4 Å². The largest absolute Gasteiger partial charge is 0.497 e. The molecule has 0 aliphatic carbocycles. The van der Waals surface area contributed by atoms with E-state index in [0.29, 0.717) is 0 Å². The van der Waals surface area contributed by atoms with Crippen LogP contribution in [0.25, 0.3) is 0 Å². The van der Waals surface area contributed by atoms with Crippen LogP contribution in [-0.4, -0.2) is 28.4 Å². The highest BCUT2D eigenvalue weighted by Crippen LogP contribution is 2.19. The van der Waals surface area contributed by atoms with Gasteiger partial charge < -0.3 is 18.9 Å². The van der Waals surface area contributed by atoms with Gasteiger partial charge in [0.25, 0.3) is 0 Å². The van der Waals surface area contributed by atoms with Crippen LogP contribution in [0, 0.1) is 47.4 Å². The maximum atomic E-state index is 5.30. The highest BCUT2D eigenvalue weighted by Gasteiger charge is 2.07. The Balaban J connectivity index is 1.64. The number of hydrogen-bond donors (Lipinski definition) is 0. The molecule has 0 fully saturated rings. The fraction of sp³-hybridized carbons (Fsp3) is 0.0952. The summed E-state index contributed by atoms with van der Waals surface area (Å²) in [4.78, 5) is 0. The van der Waals surface area contributed by atoms with Crippen LogP contribution in [0.5, 0.6) is 23.0 Å². The lowest BCUT2D eigenvalue weighted by molar-refractivity contribution is 0.414. The molecule has 0 aliphatic heterocycles. The lowest BCUT2D eigenvalue weighted by Crippen LogP contribution is -1.93. The van der Waals surface area contributed by atoms with Crippen LogP contribution in [0.15, 0.2) is 109 Å². The van der Waals surface area contributed by atoms with Gasteiger partial charge >= 0.3 is 0 Å². The van der Waals surface area contributed by atoms with Crippen LogP contribution in [0.4, 0.5) is 0 Å². The molecule has 0 aliphatic rings. The first-order chi connectivity index (χ1) is 22.6. The molecule has 0 heterocycles. The molecule has 5 aromatic rings. The van der Waals surface area contributed by atoms with Crippen molar-refractivity contribution in [2.75, 3.05) is 28.4 Å². The molecule has 0 spiro atoms. The van der Waals surface area contributed by atoms with E-state index in [9.17, 15) is 0 Å². The molecular formula is C42H30O4. The second-order valence-corrected chi connectivity index (χ2v) is 9.86. The molecular weight excluding hydrogens is 568 g/mol. The molecule has 0 saturated heterocycles. The lowest BCUT2D eigenvalue weighted by atomic mass is 9.97. The molecule has 0 saturated carbocycles. The lowest BCUT2D eigenvalue weighted by Gasteiger charge is -2.04. The number of benzene rings is 5. The van der Waals surface area contributed by atoms with Crippen molar-refractivity contribution < 1.29 is 18.9 Å². The summed E-state index contributed by atoms with van der Waals surface area (Å²) in [6, 6.07) is 34.4. The molecule has 0 radical (unpaired) electrons. The molecule has 0 bridgehead atoms. The van der Waals surface area contributed by atoms with Crippen molar-refractivity contribution >= 4 is 0 Å². The molecule has 0 atom stereocenters. The zero-order valence-electron chi connectivity index (χ0n) is 26.0. The van der Waals surface area contributed by atoms with Crippen molar-refractivity contribution in [3.05, 3.63) is 154 Å². The normalized spacial score (nSPS) is 9.48. The fourth-order valence-corrected chi connectivity index (χ4v) is 4.27. The molecule has 5 rings (SSSR count). The molecule has 0 N–H and O–H groups in total. The Labute approximate surface area is 270 Å². The van der Waals surface area contributed by atoms with Gasteiger partial charge in [-0.25, -0.2) is 0 Å². The average Bonchev–Trinajstić information content (AvgIpc) is 3.12. The standard InChI is InChI=1S/C42H30O4/c1-43-39-21-9-31(10-22-39)5-17-35-29-37(19-7-33-13-25-41(45-3)26-14-33)38(20-8-34-15-27-42(46-4)28-16-34)30-36(35)18-6-32-11-23-40(44-2)24-12-32/h9-16,21-30H,1-4H3. The highest BCUT2D eigenvalue weighted by molar-refractivity contribution is 5.64. The van der Waals surface area contributed by atoms with Gasteiger partial charge in [0.2, 0.25) is 0 Å². The molecule has 46 heavy (non-hydrogen) atoms. The van der Waals surface area contributed by atoms with Gasteiger partial charge in [0, 0.05) is 44.5 Å². The van der Waals surface area contributed by atoms with Crippen molar-refractivity contribution in [1.29, 1.82) is 0 Å². The smallest absolute Gasteiger partial charge is 0.118 e. The van der Waals surface area contributed by atoms with E-state index in [2.05, 4.69) is 47.4 Å². The molecule has 0 aromatic heterocycles. The third kappa shape index (κ3) is 8.34. The summed E-state index contributed by atoms with van der Waals surface area (Å²) in [5.41, 5.74) is 6.37. The summed E-state index contributed by atoms with van der Waals surface area (Å²) in [6.45, 7) is 0. The zero-order chi connectivity index (χ0) is 32.1. The molecule has 4 nitrogen and oxygen atoms in total. The Morgan fingerprint density at radius 2 is 0.478 bits per heavy atom. The third-order valence-electron chi connectivity index (χ3n) is 6.88. The van der Waals surface area contributed by atoms with E-state index in [1.807, 2.05) is 109 Å². The molecule has 5 aromatic carbocycles. The van der Waals surface area contributed by atoms with E-state index < -0.39 is 0 Å². The SMILES string of the molecule is COc1ccc(C#Cc2cc(C#Cc3ccc(OC)cc3)c(C#Cc3ccc(OC)cc3)cc2C#Cc2ccc(OC)cc2)cc1. The Morgan fingerprint density at radius 1 is 0.283 bits per heavy atom. The van der Waals surface area contributed by atoms with Crippen LogP contribution in [0.2, 0.25) is 0 Å². The summed E-state index contributed by atoms with van der Waals surface area (Å²) in [5.74, 6) is 29.5. The minimum atomic E-state index is 0.742. The van der Waals surface area contributed by atoms with E-state index in [1.165, 1.54) is 0 Å². The monoisotopic (exact) mass is 598 g/mol. The van der Waals surface area contributed by atoms with Crippen molar-refractivity contribution in [2.45, 2.75) is 0 Å². The van der Waals surface area contributed by atoms with Crippen molar-refractivity contribution in [3.8, 4) is 70.4 Å². The second-order valence-electron chi connectivity index (χ2n) is 9.86. The predicted octanol–water partition coefficient (Wildman–Crippen LogP) is 7.32. The predicted molar refractivity (Wildman–Crippen MR) is 182 cm³/mol. The average molecular weight is 599 g/mol. The topological polar surface area (TPSA) is 36.9 Å². The summed E-state index contributed by atoms with van der Waals surface area (Å²) in [5, 5.41) is 0. The van der Waals surface area contributed by atoms with Gasteiger partial charge in [0.15, 0.2) is 0 Å². The Bertz CT molecular complexity index is 1760. The number of methoxy groups -OCH3 is 4. The van der Waals surface area contributed by atoms with Gasteiger partial charge in [-0.15, -0.1) is 0 Å². The minimum Gasteiger partial charge on any atom is -0.497 e. The van der Waals surface area contributed by atoms with Gasteiger partial charge in [-0.3, -0.25) is 0 Å². The summed E-state index contributed by atoms with van der Waals surface area (Å²) in [7, 11) is 6.56. The van der Waals surface area contributed by atoms with Crippen molar-refractivity contribution in [1.82, 2.24) is 0 Å². The van der Waals surface area contributed by atoms with Crippen molar-refractivity contribution in [2.24, 2.45) is 0 Å².